The third-order valence-corrected chi connectivity index (χ3v) is 4.27. The number of pyridine rings is 2. The highest BCUT2D eigenvalue weighted by molar-refractivity contribution is 5.44. The van der Waals surface area contributed by atoms with Crippen LogP contribution in [0.25, 0.3) is 5.69 Å². The Labute approximate surface area is 133 Å². The van der Waals surface area contributed by atoms with Gasteiger partial charge in [-0.05, 0) is 38.7 Å². The van der Waals surface area contributed by atoms with Crippen LogP contribution in [0.4, 0.5) is 5.82 Å². The van der Waals surface area contributed by atoms with Crippen molar-refractivity contribution in [3.05, 3.63) is 51.2 Å². The second-order valence-corrected chi connectivity index (χ2v) is 6.00. The number of aromatic amines is 1. The highest BCUT2D eigenvalue weighted by Crippen LogP contribution is 2.19. The van der Waals surface area contributed by atoms with Crippen LogP contribution < -0.4 is 16.0 Å². The molecule has 0 amide bonds. The highest BCUT2D eigenvalue weighted by atomic mass is 16.3. The molecule has 3 heterocycles. The molecule has 0 aromatic carbocycles. The van der Waals surface area contributed by atoms with E-state index >= 15 is 0 Å². The van der Waals surface area contributed by atoms with Crippen LogP contribution in [0.3, 0.4) is 0 Å². The summed E-state index contributed by atoms with van der Waals surface area (Å²) in [5.74, 6) is 0.640. The molecule has 2 aromatic heterocycles. The van der Waals surface area contributed by atoms with E-state index in [2.05, 4.69) is 28.9 Å². The topological polar surface area (TPSA) is 81.6 Å². The predicted octanol–water partition coefficient (Wildman–Crippen LogP) is 0.372. The van der Waals surface area contributed by atoms with Gasteiger partial charge in [0, 0.05) is 31.4 Å². The Balaban J connectivity index is 1.90. The van der Waals surface area contributed by atoms with E-state index in [-0.39, 0.29) is 17.0 Å². The second-order valence-electron chi connectivity index (χ2n) is 6.00. The molecule has 1 aliphatic heterocycles. The van der Waals surface area contributed by atoms with Gasteiger partial charge < -0.3 is 19.9 Å². The molecule has 1 unspecified atom stereocenters. The summed E-state index contributed by atoms with van der Waals surface area (Å²) in [5, 5.41) is 9.30. The molecule has 1 atom stereocenters. The van der Waals surface area contributed by atoms with E-state index in [1.54, 1.807) is 6.07 Å². The number of aromatic nitrogens is 2. The number of rotatable bonds is 3. The maximum Gasteiger partial charge on any atom is 0.273 e. The van der Waals surface area contributed by atoms with Crippen LogP contribution >= 0.6 is 0 Å². The number of hydrogen-bond acceptors (Lipinski definition) is 5. The van der Waals surface area contributed by atoms with Crippen molar-refractivity contribution in [2.45, 2.75) is 12.5 Å². The molecule has 1 saturated heterocycles. The van der Waals surface area contributed by atoms with E-state index in [1.165, 1.54) is 16.8 Å². The van der Waals surface area contributed by atoms with Gasteiger partial charge in [0.05, 0.1) is 0 Å². The van der Waals surface area contributed by atoms with E-state index < -0.39 is 5.56 Å². The first kappa shape index (κ1) is 15.4. The summed E-state index contributed by atoms with van der Waals surface area (Å²) in [6, 6.07) is 6.37. The van der Waals surface area contributed by atoms with E-state index in [9.17, 15) is 14.7 Å². The van der Waals surface area contributed by atoms with Crippen LogP contribution in [0, 0.1) is 0 Å². The molecule has 0 spiro atoms. The van der Waals surface area contributed by atoms with Gasteiger partial charge in [0.1, 0.15) is 17.3 Å². The Hall–Kier alpha value is -2.54. The van der Waals surface area contributed by atoms with Gasteiger partial charge in [-0.25, -0.2) is 0 Å². The molecule has 0 aliphatic carbocycles. The van der Waals surface area contributed by atoms with E-state index in [4.69, 9.17) is 0 Å². The lowest BCUT2D eigenvalue weighted by Gasteiger charge is -2.21. The van der Waals surface area contributed by atoms with Crippen molar-refractivity contribution in [1.29, 1.82) is 0 Å². The van der Waals surface area contributed by atoms with Gasteiger partial charge in [0.15, 0.2) is 0 Å². The molecule has 1 fully saturated rings. The molecule has 2 aromatic rings. The van der Waals surface area contributed by atoms with Crippen molar-refractivity contribution in [2.75, 3.05) is 32.1 Å². The summed E-state index contributed by atoms with van der Waals surface area (Å²) in [6.45, 7) is 1.75. The Kier molecular flexibility index (Phi) is 3.96. The summed E-state index contributed by atoms with van der Waals surface area (Å²) < 4.78 is 1.22. The molecule has 0 radical (unpaired) electrons. The molecule has 7 nitrogen and oxygen atoms in total. The molecule has 0 saturated carbocycles. The van der Waals surface area contributed by atoms with Gasteiger partial charge >= 0.3 is 0 Å². The Bertz CT molecular complexity index is 825. The number of nitrogens with one attached hydrogen (secondary N) is 1. The highest BCUT2D eigenvalue weighted by Gasteiger charge is 2.24. The summed E-state index contributed by atoms with van der Waals surface area (Å²) >= 11 is 0. The Morgan fingerprint density at radius 1 is 1.26 bits per heavy atom. The van der Waals surface area contributed by atoms with Crippen molar-refractivity contribution in [3.63, 3.8) is 0 Å². The van der Waals surface area contributed by atoms with Gasteiger partial charge in [-0.2, -0.15) is 0 Å². The molecule has 1 aliphatic rings. The van der Waals surface area contributed by atoms with Crippen LogP contribution in [-0.2, 0) is 0 Å². The number of nitrogens with zero attached hydrogens (tertiary/aromatic N) is 3. The van der Waals surface area contributed by atoms with E-state index in [1.807, 2.05) is 6.07 Å². The SMILES string of the molecule is CN(C)C1CCN(c2ccc(-n3ccc(O)cc3=O)c(=O)[nH]2)C1. The zero-order valence-corrected chi connectivity index (χ0v) is 13.2. The van der Waals surface area contributed by atoms with E-state index in [0.717, 1.165) is 31.4 Å². The van der Waals surface area contributed by atoms with Crippen LogP contribution in [0.2, 0.25) is 0 Å². The normalized spacial score (nSPS) is 17.9. The fourth-order valence-corrected chi connectivity index (χ4v) is 2.88. The average Bonchev–Trinajstić information content (AvgIpc) is 2.98. The van der Waals surface area contributed by atoms with Gasteiger partial charge in [-0.3, -0.25) is 14.2 Å². The monoisotopic (exact) mass is 316 g/mol. The standard InChI is InChI=1S/C16H20N4O3/c1-18(2)11-5-7-19(10-11)14-4-3-13(16(23)17-14)20-8-6-12(21)9-15(20)22/h3-4,6,8-9,11,21H,5,7,10H2,1-2H3,(H,17,23). The molecule has 122 valence electrons. The molecule has 2 N–H and O–H groups in total. The minimum atomic E-state index is -0.447. The second kappa shape index (κ2) is 5.92. The summed E-state index contributed by atoms with van der Waals surface area (Å²) in [7, 11) is 4.11. The molecule has 0 bridgehead atoms. The van der Waals surface area contributed by atoms with Gasteiger partial charge in [-0.15, -0.1) is 0 Å². The lowest BCUT2D eigenvalue weighted by atomic mass is 10.2. The molecule has 3 rings (SSSR count). The Morgan fingerprint density at radius 3 is 2.65 bits per heavy atom. The predicted molar refractivity (Wildman–Crippen MR) is 88.6 cm³/mol. The molecular formula is C16H20N4O3. The van der Waals surface area contributed by atoms with Crippen molar-refractivity contribution >= 4 is 5.82 Å². The van der Waals surface area contributed by atoms with Gasteiger partial charge in [0.2, 0.25) is 0 Å². The third kappa shape index (κ3) is 3.00. The number of anilines is 1. The lowest BCUT2D eigenvalue weighted by molar-refractivity contribution is 0.315. The van der Waals surface area contributed by atoms with Crippen LogP contribution in [0.5, 0.6) is 5.75 Å². The maximum atomic E-state index is 12.3. The number of aromatic hydroxyl groups is 1. The largest absolute Gasteiger partial charge is 0.508 e. The zero-order valence-electron chi connectivity index (χ0n) is 13.2. The maximum absolute atomic E-state index is 12.3. The van der Waals surface area contributed by atoms with Crippen molar-refractivity contribution < 1.29 is 5.11 Å². The minimum Gasteiger partial charge on any atom is -0.508 e. The van der Waals surface area contributed by atoms with E-state index in [0.29, 0.717) is 6.04 Å². The summed E-state index contributed by atoms with van der Waals surface area (Å²) in [5.41, 5.74) is -0.539. The Morgan fingerprint density at radius 2 is 2.04 bits per heavy atom. The average molecular weight is 316 g/mol. The zero-order chi connectivity index (χ0) is 16.6. The number of likely N-dealkylation sites (N-methyl/N-ethyl adjacent to an activating group) is 1. The fourth-order valence-electron chi connectivity index (χ4n) is 2.88. The van der Waals surface area contributed by atoms with Crippen molar-refractivity contribution in [3.8, 4) is 11.4 Å². The van der Waals surface area contributed by atoms with Crippen LogP contribution in [0.15, 0.2) is 40.1 Å². The number of H-pyrrole nitrogens is 1. The quantitative estimate of drug-likeness (QED) is 0.855. The molecule has 7 heteroatoms. The summed E-state index contributed by atoms with van der Waals surface area (Å²) in [4.78, 5) is 31.4. The first-order valence-electron chi connectivity index (χ1n) is 7.52. The smallest absolute Gasteiger partial charge is 0.273 e. The van der Waals surface area contributed by atoms with Gasteiger partial charge in [-0.1, -0.05) is 0 Å². The first-order chi connectivity index (χ1) is 11.0. The summed E-state index contributed by atoms with van der Waals surface area (Å²) in [6.07, 6.45) is 2.44. The van der Waals surface area contributed by atoms with Crippen molar-refractivity contribution in [2.24, 2.45) is 0 Å². The van der Waals surface area contributed by atoms with Crippen molar-refractivity contribution in [1.82, 2.24) is 14.5 Å². The molecule has 23 heavy (non-hydrogen) atoms. The van der Waals surface area contributed by atoms with Crippen LogP contribution in [0.1, 0.15) is 6.42 Å². The first-order valence-corrected chi connectivity index (χ1v) is 7.52. The lowest BCUT2D eigenvalue weighted by Crippen LogP contribution is -2.32. The fraction of sp³-hybridized carbons (Fsp3) is 0.375. The van der Waals surface area contributed by atoms with Gasteiger partial charge in [0.25, 0.3) is 11.1 Å². The third-order valence-electron chi connectivity index (χ3n) is 4.27. The van der Waals surface area contributed by atoms with Crippen LogP contribution in [-0.4, -0.2) is 52.8 Å². The molecular weight excluding hydrogens is 296 g/mol. The number of hydrogen-bond donors (Lipinski definition) is 2. The minimum absolute atomic E-state index is 0.119.